The maximum Gasteiger partial charge on any atom is 0.278 e. The molecule has 2 aromatic rings. The Kier molecular flexibility index (Phi) is 6.05. The van der Waals surface area contributed by atoms with Crippen LogP contribution in [0, 0.1) is 5.82 Å². The van der Waals surface area contributed by atoms with Gasteiger partial charge in [-0.1, -0.05) is 37.3 Å². The number of anilines is 1. The van der Waals surface area contributed by atoms with Crippen LogP contribution in [0.25, 0.3) is 0 Å². The summed E-state index contributed by atoms with van der Waals surface area (Å²) in [6.07, 6.45) is -2.76. The van der Waals surface area contributed by atoms with E-state index in [-0.39, 0.29) is 18.7 Å². The lowest BCUT2D eigenvalue weighted by molar-refractivity contribution is 0.224. The molecule has 0 fully saturated rings. The molecule has 0 saturated heterocycles. The van der Waals surface area contributed by atoms with E-state index in [4.69, 9.17) is 0 Å². The SMILES string of the molecule is CCS(=O)N(Cc1ccc(C2=NN=C(C(F)F)C2)cc1F)c1ccccc1. The highest BCUT2D eigenvalue weighted by Gasteiger charge is 2.23. The first kappa shape index (κ1) is 19.3. The van der Waals surface area contributed by atoms with Crippen molar-refractivity contribution in [2.45, 2.75) is 26.3 Å². The Hall–Kier alpha value is -2.48. The van der Waals surface area contributed by atoms with Gasteiger partial charge in [-0.25, -0.2) is 17.4 Å². The number of rotatable bonds is 7. The van der Waals surface area contributed by atoms with Gasteiger partial charge in [0.05, 0.1) is 12.3 Å². The Balaban J connectivity index is 1.80. The van der Waals surface area contributed by atoms with Gasteiger partial charge >= 0.3 is 0 Å². The molecule has 1 atom stereocenters. The standard InChI is InChI=1S/C19H18F3N3OS/c1-2-27(26)25(15-6-4-3-5-7-15)12-14-9-8-13(10-16(14)20)17-11-18(19(21)22)24-23-17/h3-10,19H,2,11-12H2,1H3. The van der Waals surface area contributed by atoms with E-state index in [0.717, 1.165) is 5.69 Å². The number of para-hydroxylation sites is 1. The Bertz CT molecular complexity index is 900. The lowest BCUT2D eigenvalue weighted by atomic mass is 10.0. The van der Waals surface area contributed by atoms with E-state index in [9.17, 15) is 17.4 Å². The summed E-state index contributed by atoms with van der Waals surface area (Å²) < 4.78 is 54.0. The predicted octanol–water partition coefficient (Wildman–Crippen LogP) is 4.33. The van der Waals surface area contributed by atoms with E-state index in [0.29, 0.717) is 22.6 Å². The summed E-state index contributed by atoms with van der Waals surface area (Å²) in [5.74, 6) is -0.103. The first-order chi connectivity index (χ1) is 13.0. The van der Waals surface area contributed by atoms with Crippen molar-refractivity contribution in [2.24, 2.45) is 10.2 Å². The number of halogens is 3. The summed E-state index contributed by atoms with van der Waals surface area (Å²) in [7, 11) is -1.30. The van der Waals surface area contributed by atoms with Gasteiger partial charge in [-0.05, 0) is 18.2 Å². The lowest BCUT2D eigenvalue weighted by Gasteiger charge is -2.23. The van der Waals surface area contributed by atoms with Gasteiger partial charge in [-0.3, -0.25) is 4.31 Å². The minimum absolute atomic E-state index is 0.0908. The molecule has 0 aliphatic carbocycles. The van der Waals surface area contributed by atoms with Crippen LogP contribution >= 0.6 is 0 Å². The molecule has 0 aromatic heterocycles. The van der Waals surface area contributed by atoms with Gasteiger partial charge in [0.15, 0.2) is 0 Å². The summed E-state index contributed by atoms with van der Waals surface area (Å²) >= 11 is 0. The second kappa shape index (κ2) is 8.47. The highest BCUT2D eigenvalue weighted by molar-refractivity contribution is 7.86. The molecule has 142 valence electrons. The number of benzene rings is 2. The van der Waals surface area contributed by atoms with Crippen molar-refractivity contribution in [2.75, 3.05) is 10.1 Å². The zero-order valence-electron chi connectivity index (χ0n) is 14.6. The van der Waals surface area contributed by atoms with Crippen LogP contribution in [-0.4, -0.2) is 27.8 Å². The zero-order chi connectivity index (χ0) is 19.4. The van der Waals surface area contributed by atoms with Gasteiger partial charge in [0.2, 0.25) is 0 Å². The predicted molar refractivity (Wildman–Crippen MR) is 102 cm³/mol. The maximum atomic E-state index is 14.6. The zero-order valence-corrected chi connectivity index (χ0v) is 15.4. The highest BCUT2D eigenvalue weighted by Crippen LogP contribution is 2.23. The summed E-state index contributed by atoms with van der Waals surface area (Å²) in [6, 6.07) is 13.6. The lowest BCUT2D eigenvalue weighted by Crippen LogP contribution is -2.27. The van der Waals surface area contributed by atoms with E-state index >= 15 is 0 Å². The number of nitrogens with zero attached hydrogens (tertiary/aromatic N) is 3. The van der Waals surface area contributed by atoms with Crippen LogP contribution in [0.15, 0.2) is 58.7 Å². The van der Waals surface area contributed by atoms with Crippen molar-refractivity contribution < 1.29 is 17.4 Å². The molecular formula is C19H18F3N3OS. The van der Waals surface area contributed by atoms with Crippen molar-refractivity contribution in [1.82, 2.24) is 0 Å². The third kappa shape index (κ3) is 4.44. The molecule has 4 nitrogen and oxygen atoms in total. The van der Waals surface area contributed by atoms with Crippen LogP contribution in [-0.2, 0) is 17.5 Å². The van der Waals surface area contributed by atoms with E-state index < -0.39 is 23.2 Å². The highest BCUT2D eigenvalue weighted by atomic mass is 32.2. The van der Waals surface area contributed by atoms with E-state index in [1.54, 1.807) is 23.4 Å². The summed E-state index contributed by atoms with van der Waals surface area (Å²) in [6.45, 7) is 1.92. The van der Waals surface area contributed by atoms with Crippen molar-refractivity contribution in [1.29, 1.82) is 0 Å². The first-order valence-corrected chi connectivity index (χ1v) is 9.68. The third-order valence-corrected chi connectivity index (χ3v) is 5.46. The number of alkyl halides is 2. The monoisotopic (exact) mass is 393 g/mol. The number of hydrogen-bond acceptors (Lipinski definition) is 3. The van der Waals surface area contributed by atoms with Crippen molar-refractivity contribution in [3.8, 4) is 0 Å². The van der Waals surface area contributed by atoms with Crippen LogP contribution in [0.3, 0.4) is 0 Å². The van der Waals surface area contributed by atoms with Gasteiger partial charge < -0.3 is 0 Å². The van der Waals surface area contributed by atoms with Crippen LogP contribution < -0.4 is 4.31 Å². The molecule has 1 heterocycles. The molecule has 0 bridgehead atoms. The minimum atomic E-state index is -2.67. The fraction of sp³-hybridized carbons (Fsp3) is 0.263. The van der Waals surface area contributed by atoms with Crippen LogP contribution in [0.2, 0.25) is 0 Å². The molecule has 0 amide bonds. The molecule has 0 N–H and O–H groups in total. The summed E-state index contributed by atoms with van der Waals surface area (Å²) in [4.78, 5) is 0. The van der Waals surface area contributed by atoms with Crippen LogP contribution in [0.1, 0.15) is 24.5 Å². The maximum absolute atomic E-state index is 14.6. The van der Waals surface area contributed by atoms with Crippen molar-refractivity contribution in [3.05, 3.63) is 65.5 Å². The van der Waals surface area contributed by atoms with Gasteiger partial charge in [0.25, 0.3) is 6.43 Å². The summed E-state index contributed by atoms with van der Waals surface area (Å²) in [5.41, 5.74) is 1.50. The molecule has 27 heavy (non-hydrogen) atoms. The van der Waals surface area contributed by atoms with Crippen molar-refractivity contribution in [3.63, 3.8) is 0 Å². The minimum Gasteiger partial charge on any atom is -0.287 e. The second-order valence-electron chi connectivity index (χ2n) is 5.90. The molecule has 8 heteroatoms. The normalized spacial score (nSPS) is 14.9. The van der Waals surface area contributed by atoms with E-state index in [2.05, 4.69) is 10.2 Å². The third-order valence-electron chi connectivity index (χ3n) is 4.14. The average molecular weight is 393 g/mol. The van der Waals surface area contributed by atoms with Crippen LogP contribution in [0.5, 0.6) is 0 Å². The molecule has 0 saturated carbocycles. The topological polar surface area (TPSA) is 45.0 Å². The molecular weight excluding hydrogens is 375 g/mol. The van der Waals surface area contributed by atoms with Crippen LogP contribution in [0.4, 0.5) is 18.9 Å². The fourth-order valence-electron chi connectivity index (χ4n) is 2.69. The summed E-state index contributed by atoms with van der Waals surface area (Å²) in [5, 5.41) is 7.18. The molecule has 0 spiro atoms. The van der Waals surface area contributed by atoms with Crippen molar-refractivity contribution >= 4 is 28.1 Å². The molecule has 3 rings (SSSR count). The molecule has 1 aliphatic rings. The quantitative estimate of drug-likeness (QED) is 0.691. The number of hydrogen-bond donors (Lipinski definition) is 0. The average Bonchev–Trinajstić information content (AvgIpc) is 3.17. The van der Waals surface area contributed by atoms with Gasteiger partial charge in [0.1, 0.15) is 22.5 Å². The smallest absolute Gasteiger partial charge is 0.278 e. The van der Waals surface area contributed by atoms with Gasteiger partial charge in [0, 0.05) is 29.0 Å². The Morgan fingerprint density at radius 2 is 1.89 bits per heavy atom. The first-order valence-electron chi connectivity index (χ1n) is 8.41. The molecule has 1 unspecified atom stereocenters. The Morgan fingerprint density at radius 1 is 1.15 bits per heavy atom. The molecule has 2 aromatic carbocycles. The molecule has 0 radical (unpaired) electrons. The van der Waals surface area contributed by atoms with E-state index in [1.165, 1.54) is 6.07 Å². The molecule has 1 aliphatic heterocycles. The largest absolute Gasteiger partial charge is 0.287 e. The van der Waals surface area contributed by atoms with E-state index in [1.807, 2.05) is 30.3 Å². The Morgan fingerprint density at radius 3 is 2.48 bits per heavy atom. The van der Waals surface area contributed by atoms with Gasteiger partial charge in [-0.15, -0.1) is 0 Å². The second-order valence-corrected chi connectivity index (χ2v) is 7.57. The Labute approximate surface area is 158 Å². The van der Waals surface area contributed by atoms with Gasteiger partial charge in [-0.2, -0.15) is 10.2 Å². The fourth-order valence-corrected chi connectivity index (χ4v) is 3.64.